The van der Waals surface area contributed by atoms with E-state index in [1.54, 1.807) is 12.3 Å². The molecule has 0 bridgehead atoms. The summed E-state index contributed by atoms with van der Waals surface area (Å²) >= 11 is 4.56. The zero-order chi connectivity index (χ0) is 23.6. The van der Waals surface area contributed by atoms with Gasteiger partial charge >= 0.3 is 5.97 Å². The molecule has 0 aliphatic carbocycles. The first-order chi connectivity index (χ1) is 15.0. The molecule has 0 radical (unpaired) electrons. The van der Waals surface area contributed by atoms with E-state index < -0.39 is 11.9 Å². The molecule has 0 unspecified atom stereocenters. The van der Waals surface area contributed by atoms with Gasteiger partial charge in [0.05, 0.1) is 21.7 Å². The third kappa shape index (κ3) is 5.08. The molecule has 0 aliphatic rings. The number of hydrogen-bond acceptors (Lipinski definition) is 5. The van der Waals surface area contributed by atoms with Crippen LogP contribution in [-0.4, -0.2) is 27.8 Å². The Hall–Kier alpha value is -2.97. The predicted octanol–water partition coefficient (Wildman–Crippen LogP) is 6.03. The molecule has 3 N–H and O–H groups in total. The largest absolute Gasteiger partial charge is 0.506 e. The number of carbonyl (C=O) groups is 2. The van der Waals surface area contributed by atoms with Crippen LogP contribution in [0.25, 0.3) is 10.4 Å². The number of nitrogens with one attached hydrogen (secondary N) is 1. The summed E-state index contributed by atoms with van der Waals surface area (Å²) in [4.78, 5) is 24.2. The molecule has 1 amide bonds. The maximum atomic E-state index is 12.4. The Balaban J connectivity index is 1.78. The van der Waals surface area contributed by atoms with Crippen molar-refractivity contribution >= 4 is 44.9 Å². The van der Waals surface area contributed by atoms with Crippen molar-refractivity contribution in [3.05, 3.63) is 74.6 Å². The Morgan fingerprint density at radius 2 is 1.72 bits per heavy atom. The average Bonchev–Trinajstić information content (AvgIpc) is 3.12. The third-order valence-electron chi connectivity index (χ3n) is 4.95. The fraction of sp³-hybridized carbons (Fsp3) is 0.208. The predicted molar refractivity (Wildman–Crippen MR) is 131 cm³/mol. The summed E-state index contributed by atoms with van der Waals surface area (Å²) < 4.78 is 0.302. The van der Waals surface area contributed by atoms with Crippen molar-refractivity contribution < 1.29 is 19.8 Å². The summed E-state index contributed by atoms with van der Waals surface area (Å²) in [6.07, 6.45) is 0. The van der Waals surface area contributed by atoms with Crippen LogP contribution in [0.1, 0.15) is 59.5 Å². The Morgan fingerprint density at radius 1 is 1.06 bits per heavy atom. The van der Waals surface area contributed by atoms with Crippen molar-refractivity contribution in [1.29, 1.82) is 0 Å². The molecule has 0 aliphatic heterocycles. The normalized spacial score (nSPS) is 12.0. The maximum Gasteiger partial charge on any atom is 0.336 e. The molecule has 0 saturated carbocycles. The highest BCUT2D eigenvalue weighted by atomic mass is 79.9. The molecule has 1 heterocycles. The van der Waals surface area contributed by atoms with Crippen LogP contribution in [0, 0.1) is 0 Å². The number of aromatic hydroxyl groups is 1. The lowest BCUT2D eigenvalue weighted by molar-refractivity contribution is 0.0695. The van der Waals surface area contributed by atoms with Crippen LogP contribution < -0.4 is 5.43 Å². The Kier molecular flexibility index (Phi) is 6.85. The van der Waals surface area contributed by atoms with E-state index in [1.165, 1.54) is 35.1 Å². The van der Waals surface area contributed by atoms with Crippen LogP contribution in [-0.2, 0) is 5.41 Å². The second-order valence-corrected chi connectivity index (χ2v) is 10.0. The van der Waals surface area contributed by atoms with Crippen molar-refractivity contribution in [3.63, 3.8) is 0 Å². The number of carboxylic acid groups (broad SMARTS) is 1. The molecule has 2 aromatic carbocycles. The zero-order valence-electron chi connectivity index (χ0n) is 18.1. The summed E-state index contributed by atoms with van der Waals surface area (Å²) in [5, 5.41) is 25.7. The van der Waals surface area contributed by atoms with Gasteiger partial charge in [-0.25, -0.2) is 10.2 Å². The molecule has 0 saturated heterocycles. The van der Waals surface area contributed by atoms with Gasteiger partial charge in [-0.3, -0.25) is 4.79 Å². The first kappa shape index (κ1) is 23.7. The van der Waals surface area contributed by atoms with Crippen LogP contribution in [0.3, 0.4) is 0 Å². The van der Waals surface area contributed by atoms with E-state index >= 15 is 0 Å². The minimum Gasteiger partial charge on any atom is -0.506 e. The van der Waals surface area contributed by atoms with Crippen LogP contribution in [0.4, 0.5) is 0 Å². The first-order valence-electron chi connectivity index (χ1n) is 9.78. The highest BCUT2D eigenvalue weighted by molar-refractivity contribution is 9.10. The van der Waals surface area contributed by atoms with Crippen LogP contribution >= 0.6 is 27.3 Å². The van der Waals surface area contributed by atoms with Gasteiger partial charge in [0.1, 0.15) is 5.75 Å². The van der Waals surface area contributed by atoms with Crippen molar-refractivity contribution in [1.82, 2.24) is 5.43 Å². The summed E-state index contributed by atoms with van der Waals surface area (Å²) in [5.74, 6) is -1.47. The summed E-state index contributed by atoms with van der Waals surface area (Å²) in [6, 6.07) is 12.3. The van der Waals surface area contributed by atoms with Gasteiger partial charge < -0.3 is 10.2 Å². The lowest BCUT2D eigenvalue weighted by Crippen LogP contribution is -2.19. The van der Waals surface area contributed by atoms with E-state index in [-0.39, 0.29) is 22.3 Å². The molecule has 6 nitrogen and oxygen atoms in total. The molecule has 32 heavy (non-hydrogen) atoms. The molecule has 0 spiro atoms. The fourth-order valence-corrected chi connectivity index (χ4v) is 4.58. The Bertz CT molecular complexity index is 1210. The summed E-state index contributed by atoms with van der Waals surface area (Å²) in [5.41, 5.74) is 5.92. The number of carbonyl (C=O) groups excluding carboxylic acids is 1. The van der Waals surface area contributed by atoms with Gasteiger partial charge in [0.25, 0.3) is 5.91 Å². The van der Waals surface area contributed by atoms with Gasteiger partial charge in [-0.1, -0.05) is 45.0 Å². The molecule has 3 rings (SSSR count). The van der Waals surface area contributed by atoms with Gasteiger partial charge in [0.2, 0.25) is 0 Å². The number of halogens is 1. The van der Waals surface area contributed by atoms with E-state index in [1.807, 2.05) is 12.1 Å². The van der Waals surface area contributed by atoms with Crippen LogP contribution in [0.5, 0.6) is 5.75 Å². The molecule has 0 atom stereocenters. The highest BCUT2D eigenvalue weighted by Crippen LogP contribution is 2.39. The minimum atomic E-state index is -1.09. The van der Waals surface area contributed by atoms with Gasteiger partial charge in [-0.2, -0.15) is 5.10 Å². The Morgan fingerprint density at radius 3 is 2.28 bits per heavy atom. The molecule has 0 fully saturated rings. The van der Waals surface area contributed by atoms with Gasteiger partial charge in [-0.15, -0.1) is 11.3 Å². The molecule has 8 heteroatoms. The second kappa shape index (κ2) is 9.26. The maximum absolute atomic E-state index is 12.4. The van der Waals surface area contributed by atoms with E-state index in [4.69, 9.17) is 5.11 Å². The van der Waals surface area contributed by atoms with E-state index in [9.17, 15) is 14.7 Å². The van der Waals surface area contributed by atoms with Crippen LogP contribution in [0.2, 0.25) is 0 Å². The highest BCUT2D eigenvalue weighted by Gasteiger charge is 2.18. The van der Waals surface area contributed by atoms with Crippen molar-refractivity contribution in [2.75, 3.05) is 0 Å². The third-order valence-corrected chi connectivity index (χ3v) is 6.63. The SMILES string of the molecule is CC(=NNC(=O)c1ccc(C(=O)O)c(Br)c1)c1csc(-c2ccc(C(C)(C)C)cc2)c1O. The monoisotopic (exact) mass is 514 g/mol. The standard InChI is InChI=1S/C24H23BrN2O4S/c1-13(26-27-22(29)15-7-10-17(23(30)31)19(25)11-15)18-12-32-21(20(18)28)14-5-8-16(9-6-14)24(2,3)4/h5-12,28H,1-4H3,(H,27,29)(H,30,31). The lowest BCUT2D eigenvalue weighted by Gasteiger charge is -2.19. The smallest absolute Gasteiger partial charge is 0.336 e. The first-order valence-corrected chi connectivity index (χ1v) is 11.5. The summed E-state index contributed by atoms with van der Waals surface area (Å²) in [7, 11) is 0. The molecule has 166 valence electrons. The average molecular weight is 515 g/mol. The second-order valence-electron chi connectivity index (χ2n) is 8.29. The van der Waals surface area contributed by atoms with Gasteiger partial charge in [0, 0.05) is 15.4 Å². The van der Waals surface area contributed by atoms with Gasteiger partial charge in [-0.05, 0) is 57.6 Å². The minimum absolute atomic E-state index is 0.0478. The zero-order valence-corrected chi connectivity index (χ0v) is 20.5. The number of nitrogens with zero attached hydrogens (tertiary/aromatic N) is 1. The number of carboxylic acids is 1. The Labute approximate surface area is 198 Å². The molecular formula is C24H23BrN2O4S. The van der Waals surface area contributed by atoms with Gasteiger partial charge in [0.15, 0.2) is 0 Å². The molecule has 1 aromatic heterocycles. The van der Waals surface area contributed by atoms with E-state index in [0.717, 1.165) is 10.4 Å². The van der Waals surface area contributed by atoms with Crippen molar-refractivity contribution in [3.8, 4) is 16.2 Å². The number of thiophene rings is 1. The molecule has 3 aromatic rings. The van der Waals surface area contributed by atoms with Crippen LogP contribution in [0.15, 0.2) is 57.4 Å². The topological polar surface area (TPSA) is 99.0 Å². The lowest BCUT2D eigenvalue weighted by atomic mass is 9.86. The number of rotatable bonds is 5. The number of hydrazone groups is 1. The fourth-order valence-electron chi connectivity index (χ4n) is 3.02. The van der Waals surface area contributed by atoms with Crippen molar-refractivity contribution in [2.45, 2.75) is 33.1 Å². The van der Waals surface area contributed by atoms with E-state index in [2.05, 4.69) is 59.4 Å². The number of benzene rings is 2. The number of hydrogen-bond donors (Lipinski definition) is 3. The quantitative estimate of drug-likeness (QED) is 0.285. The molecular weight excluding hydrogens is 492 g/mol. The summed E-state index contributed by atoms with van der Waals surface area (Å²) in [6.45, 7) is 8.14. The van der Waals surface area contributed by atoms with Crippen molar-refractivity contribution in [2.24, 2.45) is 5.10 Å². The number of amides is 1. The van der Waals surface area contributed by atoms with E-state index in [0.29, 0.717) is 15.7 Å². The number of aromatic carboxylic acids is 1.